The van der Waals surface area contributed by atoms with E-state index >= 15 is 0 Å². The van der Waals surface area contributed by atoms with Gasteiger partial charge in [0.1, 0.15) is 0 Å². The lowest BCUT2D eigenvalue weighted by molar-refractivity contribution is -0.121. The summed E-state index contributed by atoms with van der Waals surface area (Å²) in [4.78, 5) is 34.8. The van der Waals surface area contributed by atoms with Crippen LogP contribution in [0.25, 0.3) is 0 Å². The molecule has 0 bridgehead atoms. The third-order valence-corrected chi connectivity index (χ3v) is 3.37. The topological polar surface area (TPSA) is 87.2 Å². The summed E-state index contributed by atoms with van der Waals surface area (Å²) in [6, 6.07) is 10.1. The maximum absolute atomic E-state index is 12.1. The van der Waals surface area contributed by atoms with Crippen LogP contribution in [-0.4, -0.2) is 22.2 Å². The van der Waals surface area contributed by atoms with E-state index in [0.29, 0.717) is 6.54 Å². The monoisotopic (exact) mass is 316 g/mol. The van der Waals surface area contributed by atoms with Gasteiger partial charge in [-0.25, -0.2) is 4.68 Å². The van der Waals surface area contributed by atoms with E-state index in [-0.39, 0.29) is 30.0 Å². The van der Waals surface area contributed by atoms with Crippen LogP contribution in [0.4, 0.5) is 5.69 Å². The van der Waals surface area contributed by atoms with Gasteiger partial charge in [-0.1, -0.05) is 17.7 Å². The third kappa shape index (κ3) is 4.57. The minimum absolute atomic E-state index is 0.0855. The number of anilines is 1. The SMILES string of the molecule is CCN(NC(=O)CCn1[nH]c(=O)ccc1=O)c1ccc(C)cc1. The Bertz CT molecular complexity index is 777. The van der Waals surface area contributed by atoms with Gasteiger partial charge in [-0.05, 0) is 26.0 Å². The molecule has 0 fully saturated rings. The molecule has 23 heavy (non-hydrogen) atoms. The number of nitrogens with zero attached hydrogens (tertiary/aromatic N) is 2. The average Bonchev–Trinajstić information content (AvgIpc) is 2.54. The van der Waals surface area contributed by atoms with Crippen molar-refractivity contribution in [2.45, 2.75) is 26.8 Å². The molecule has 0 aliphatic heterocycles. The number of aromatic amines is 1. The predicted octanol–water partition coefficient (Wildman–Crippen LogP) is 0.793. The predicted molar refractivity (Wildman–Crippen MR) is 88.3 cm³/mol. The molecule has 2 aromatic rings. The zero-order valence-electron chi connectivity index (χ0n) is 13.2. The fourth-order valence-corrected chi connectivity index (χ4v) is 2.10. The van der Waals surface area contributed by atoms with Crippen LogP contribution < -0.4 is 21.6 Å². The summed E-state index contributed by atoms with van der Waals surface area (Å²) in [6.45, 7) is 4.65. The molecule has 1 amide bonds. The van der Waals surface area contributed by atoms with Gasteiger partial charge in [0.05, 0.1) is 12.2 Å². The first-order valence-electron chi connectivity index (χ1n) is 7.43. The van der Waals surface area contributed by atoms with Crippen LogP contribution in [0.15, 0.2) is 46.0 Å². The van der Waals surface area contributed by atoms with Crippen LogP contribution in [0.5, 0.6) is 0 Å². The van der Waals surface area contributed by atoms with E-state index in [4.69, 9.17) is 0 Å². The molecule has 7 heteroatoms. The normalized spacial score (nSPS) is 10.3. The second kappa shape index (κ2) is 7.44. The molecule has 0 unspecified atom stereocenters. The number of hydrazine groups is 1. The molecule has 0 saturated heterocycles. The van der Waals surface area contributed by atoms with Gasteiger partial charge >= 0.3 is 0 Å². The summed E-state index contributed by atoms with van der Waals surface area (Å²) in [5.74, 6) is -0.232. The lowest BCUT2D eigenvalue weighted by Gasteiger charge is -2.24. The summed E-state index contributed by atoms with van der Waals surface area (Å²) < 4.78 is 1.13. The maximum atomic E-state index is 12.1. The average molecular weight is 316 g/mol. The Morgan fingerprint density at radius 2 is 1.87 bits per heavy atom. The van der Waals surface area contributed by atoms with E-state index in [1.807, 2.05) is 38.1 Å². The lowest BCUT2D eigenvalue weighted by atomic mass is 10.2. The van der Waals surface area contributed by atoms with Crippen LogP contribution in [0, 0.1) is 6.92 Å². The molecule has 0 spiro atoms. The van der Waals surface area contributed by atoms with E-state index in [1.54, 1.807) is 5.01 Å². The molecule has 1 aromatic carbocycles. The number of aromatic nitrogens is 2. The molecule has 2 rings (SSSR count). The van der Waals surface area contributed by atoms with Gasteiger partial charge in [0.25, 0.3) is 11.1 Å². The fourth-order valence-electron chi connectivity index (χ4n) is 2.10. The number of carbonyl (C=O) groups excluding carboxylic acids is 1. The molecule has 0 aliphatic carbocycles. The van der Waals surface area contributed by atoms with E-state index in [2.05, 4.69) is 10.5 Å². The molecule has 0 saturated carbocycles. The van der Waals surface area contributed by atoms with Crippen LogP contribution in [-0.2, 0) is 11.3 Å². The highest BCUT2D eigenvalue weighted by atomic mass is 16.2. The molecule has 7 nitrogen and oxygen atoms in total. The van der Waals surface area contributed by atoms with Crippen molar-refractivity contribution in [3.05, 3.63) is 62.7 Å². The fraction of sp³-hybridized carbons (Fsp3) is 0.312. The quantitative estimate of drug-likeness (QED) is 0.772. The molecular formula is C16H20N4O3. The Labute approximate surface area is 133 Å². The van der Waals surface area contributed by atoms with Crippen LogP contribution >= 0.6 is 0 Å². The van der Waals surface area contributed by atoms with E-state index < -0.39 is 0 Å². The minimum atomic E-state index is -0.375. The van der Waals surface area contributed by atoms with Gasteiger partial charge in [-0.2, -0.15) is 0 Å². The van der Waals surface area contributed by atoms with Crippen LogP contribution in [0.1, 0.15) is 18.9 Å². The molecule has 1 aromatic heterocycles. The van der Waals surface area contributed by atoms with Crippen molar-refractivity contribution in [1.82, 2.24) is 15.2 Å². The third-order valence-electron chi connectivity index (χ3n) is 3.37. The van der Waals surface area contributed by atoms with Crippen LogP contribution in [0.3, 0.4) is 0 Å². The van der Waals surface area contributed by atoms with Gasteiger partial charge in [0, 0.05) is 25.1 Å². The van der Waals surface area contributed by atoms with Gasteiger partial charge in [-0.3, -0.25) is 29.9 Å². The van der Waals surface area contributed by atoms with Gasteiger partial charge < -0.3 is 0 Å². The molecule has 0 atom stereocenters. The molecule has 1 heterocycles. The highest BCUT2D eigenvalue weighted by Crippen LogP contribution is 2.12. The summed E-state index contributed by atoms with van der Waals surface area (Å²) in [6.07, 6.45) is 0.0855. The number of aryl methyl sites for hydroxylation is 2. The molecule has 122 valence electrons. The smallest absolute Gasteiger partial charge is 0.265 e. The van der Waals surface area contributed by atoms with Crippen LogP contribution in [0.2, 0.25) is 0 Å². The maximum Gasteiger partial charge on any atom is 0.265 e. The Balaban J connectivity index is 1.97. The minimum Gasteiger partial charge on any atom is -0.286 e. The van der Waals surface area contributed by atoms with E-state index in [1.165, 1.54) is 6.07 Å². The Morgan fingerprint density at radius 1 is 1.17 bits per heavy atom. The number of H-pyrrole nitrogens is 1. The summed E-state index contributed by atoms with van der Waals surface area (Å²) in [5.41, 5.74) is 4.10. The largest absolute Gasteiger partial charge is 0.286 e. The number of benzene rings is 1. The Kier molecular flexibility index (Phi) is 5.35. The summed E-state index contributed by atoms with van der Waals surface area (Å²) >= 11 is 0. The highest BCUT2D eigenvalue weighted by Gasteiger charge is 2.09. The Hall–Kier alpha value is -2.83. The standard InChI is InChI=1S/C16H20N4O3/c1-3-19(13-6-4-12(2)5-7-13)17-15(22)10-11-20-16(23)9-8-14(21)18-20/h4-9H,3,10-11H2,1-2H3,(H,17,22)(H,18,21). The number of carbonyl (C=O) groups is 1. The number of rotatable bonds is 6. The number of hydrogen-bond acceptors (Lipinski definition) is 4. The van der Waals surface area contributed by atoms with Crippen molar-refractivity contribution in [3.63, 3.8) is 0 Å². The molecule has 2 N–H and O–H groups in total. The van der Waals surface area contributed by atoms with Crippen molar-refractivity contribution in [1.29, 1.82) is 0 Å². The Morgan fingerprint density at radius 3 is 2.52 bits per heavy atom. The van der Waals surface area contributed by atoms with Gasteiger partial charge in [0.2, 0.25) is 5.91 Å². The number of nitrogens with one attached hydrogen (secondary N) is 2. The summed E-state index contributed by atoms with van der Waals surface area (Å²) in [7, 11) is 0. The number of amides is 1. The lowest BCUT2D eigenvalue weighted by Crippen LogP contribution is -2.43. The zero-order valence-corrected chi connectivity index (χ0v) is 13.2. The summed E-state index contributed by atoms with van der Waals surface area (Å²) in [5, 5.41) is 4.13. The molecular weight excluding hydrogens is 296 g/mol. The first-order chi connectivity index (χ1) is 11.0. The van der Waals surface area contributed by atoms with E-state index in [0.717, 1.165) is 22.0 Å². The van der Waals surface area contributed by atoms with E-state index in [9.17, 15) is 14.4 Å². The second-order valence-corrected chi connectivity index (χ2v) is 5.16. The van der Waals surface area contributed by atoms with Crippen molar-refractivity contribution in [2.75, 3.05) is 11.6 Å². The first kappa shape index (κ1) is 16.5. The van der Waals surface area contributed by atoms with Crippen molar-refractivity contribution in [3.8, 4) is 0 Å². The van der Waals surface area contributed by atoms with Gasteiger partial charge in [-0.15, -0.1) is 0 Å². The highest BCUT2D eigenvalue weighted by molar-refractivity contribution is 5.77. The van der Waals surface area contributed by atoms with Crippen molar-refractivity contribution < 1.29 is 4.79 Å². The van der Waals surface area contributed by atoms with Gasteiger partial charge in [0.15, 0.2) is 0 Å². The zero-order chi connectivity index (χ0) is 16.8. The van der Waals surface area contributed by atoms with Crippen molar-refractivity contribution >= 4 is 11.6 Å². The second-order valence-electron chi connectivity index (χ2n) is 5.16. The molecule has 0 radical (unpaired) electrons. The number of hydrogen-bond donors (Lipinski definition) is 2. The van der Waals surface area contributed by atoms with Crippen molar-refractivity contribution in [2.24, 2.45) is 0 Å². The first-order valence-corrected chi connectivity index (χ1v) is 7.43. The molecule has 0 aliphatic rings.